The summed E-state index contributed by atoms with van der Waals surface area (Å²) in [6, 6.07) is 5.52. The Kier molecular flexibility index (Phi) is 8.77. The Bertz CT molecular complexity index is 1110. The van der Waals surface area contributed by atoms with Gasteiger partial charge >= 0.3 is 12.1 Å². The Morgan fingerprint density at radius 3 is 2.12 bits per heavy atom. The molecule has 0 radical (unpaired) electrons. The van der Waals surface area contributed by atoms with E-state index in [0.717, 1.165) is 20.1 Å². The van der Waals surface area contributed by atoms with Gasteiger partial charge in [0, 0.05) is 23.3 Å². The van der Waals surface area contributed by atoms with Crippen LogP contribution in [-0.4, -0.2) is 45.1 Å². The Morgan fingerprint density at radius 1 is 1.09 bits per heavy atom. The molecular weight excluding hydrogens is 498 g/mol. The molecule has 0 bridgehead atoms. The first-order chi connectivity index (χ1) is 15.5. The molecular formula is C23H26ClF4NO4S. The van der Waals surface area contributed by atoms with E-state index in [1.165, 1.54) is 49.4 Å². The molecule has 0 saturated carbocycles. The molecule has 0 aromatic heterocycles. The number of carbonyl (C=O) groups is 1. The summed E-state index contributed by atoms with van der Waals surface area (Å²) in [5, 5.41) is 2.33. The Morgan fingerprint density at radius 2 is 1.68 bits per heavy atom. The SMILES string of the molecule is CCOC(=O)[C@@H](CC(C)(C)F)N[C@@H](c1ccc(-c2ccc(S(C)(=O)=O)cc2Cl)cc1)C(F)(F)F. The summed E-state index contributed by atoms with van der Waals surface area (Å²) in [7, 11) is -3.48. The van der Waals surface area contributed by atoms with E-state index in [1.54, 1.807) is 0 Å². The minimum Gasteiger partial charge on any atom is -0.465 e. The smallest absolute Gasteiger partial charge is 0.407 e. The Labute approximate surface area is 201 Å². The molecule has 11 heteroatoms. The Hall–Kier alpha value is -2.17. The maximum absolute atomic E-state index is 14.2. The number of hydrogen-bond donors (Lipinski definition) is 1. The van der Waals surface area contributed by atoms with Gasteiger partial charge < -0.3 is 4.74 Å². The van der Waals surface area contributed by atoms with Crippen molar-refractivity contribution in [2.75, 3.05) is 12.9 Å². The van der Waals surface area contributed by atoms with Crippen LogP contribution < -0.4 is 5.32 Å². The number of halogens is 5. The first-order valence-electron chi connectivity index (χ1n) is 10.3. The van der Waals surface area contributed by atoms with Gasteiger partial charge in [-0.1, -0.05) is 41.9 Å². The van der Waals surface area contributed by atoms with Gasteiger partial charge in [0.05, 0.1) is 11.5 Å². The number of sulfone groups is 1. The van der Waals surface area contributed by atoms with Crippen LogP contribution in [0.4, 0.5) is 17.6 Å². The predicted molar refractivity (Wildman–Crippen MR) is 122 cm³/mol. The first kappa shape index (κ1) is 28.1. The van der Waals surface area contributed by atoms with Crippen LogP contribution in [0.5, 0.6) is 0 Å². The van der Waals surface area contributed by atoms with E-state index in [4.69, 9.17) is 16.3 Å². The molecule has 0 unspecified atom stereocenters. The maximum atomic E-state index is 14.2. The highest BCUT2D eigenvalue weighted by atomic mass is 35.5. The lowest BCUT2D eigenvalue weighted by Crippen LogP contribution is -2.47. The first-order valence-corrected chi connectivity index (χ1v) is 12.6. The monoisotopic (exact) mass is 523 g/mol. The van der Waals surface area contributed by atoms with E-state index in [9.17, 15) is 30.8 Å². The molecule has 2 atom stereocenters. The third-order valence-electron chi connectivity index (χ3n) is 4.88. The largest absolute Gasteiger partial charge is 0.465 e. The van der Waals surface area contributed by atoms with Crippen LogP contribution in [0.1, 0.15) is 38.8 Å². The molecule has 1 N–H and O–H groups in total. The summed E-state index contributed by atoms with van der Waals surface area (Å²) in [6.45, 7) is 3.77. The zero-order valence-electron chi connectivity index (χ0n) is 19.0. The van der Waals surface area contributed by atoms with Crippen LogP contribution in [-0.2, 0) is 19.4 Å². The summed E-state index contributed by atoms with van der Waals surface area (Å²) >= 11 is 6.20. The van der Waals surface area contributed by atoms with Gasteiger partial charge in [-0.2, -0.15) is 13.2 Å². The van der Waals surface area contributed by atoms with Crippen molar-refractivity contribution in [3.63, 3.8) is 0 Å². The minimum atomic E-state index is -4.79. The second-order valence-electron chi connectivity index (χ2n) is 8.40. The highest BCUT2D eigenvalue weighted by Gasteiger charge is 2.44. The number of alkyl halides is 4. The third-order valence-corrected chi connectivity index (χ3v) is 6.30. The van der Waals surface area contributed by atoms with Crippen LogP contribution in [0.2, 0.25) is 5.02 Å². The molecule has 2 rings (SSSR count). The Balaban J connectivity index is 2.39. The van der Waals surface area contributed by atoms with Crippen molar-refractivity contribution in [1.29, 1.82) is 0 Å². The molecule has 0 aliphatic rings. The third kappa shape index (κ3) is 7.68. The molecule has 0 amide bonds. The molecule has 0 aliphatic heterocycles. The van der Waals surface area contributed by atoms with Gasteiger partial charge in [0.1, 0.15) is 17.8 Å². The van der Waals surface area contributed by atoms with Gasteiger partial charge in [-0.05, 0) is 44.0 Å². The molecule has 2 aromatic carbocycles. The van der Waals surface area contributed by atoms with Gasteiger partial charge in [0.25, 0.3) is 0 Å². The summed E-state index contributed by atoms with van der Waals surface area (Å²) in [6.07, 6.45) is -4.27. The van der Waals surface area contributed by atoms with Gasteiger partial charge in [0.15, 0.2) is 9.84 Å². The summed E-state index contributed by atoms with van der Waals surface area (Å²) in [4.78, 5) is 12.2. The lowest BCUT2D eigenvalue weighted by molar-refractivity contribution is -0.165. The van der Waals surface area contributed by atoms with Gasteiger partial charge in [-0.15, -0.1) is 0 Å². The number of rotatable bonds is 9. The molecule has 2 aromatic rings. The highest BCUT2D eigenvalue weighted by molar-refractivity contribution is 7.90. The fourth-order valence-electron chi connectivity index (χ4n) is 3.34. The molecule has 0 aliphatic carbocycles. The van der Waals surface area contributed by atoms with Crippen LogP contribution in [0.3, 0.4) is 0 Å². The van der Waals surface area contributed by atoms with Crippen molar-refractivity contribution in [3.05, 3.63) is 53.1 Å². The lowest BCUT2D eigenvalue weighted by Gasteiger charge is -2.29. The van der Waals surface area contributed by atoms with Crippen molar-refractivity contribution in [1.82, 2.24) is 5.32 Å². The van der Waals surface area contributed by atoms with Gasteiger partial charge in [0.2, 0.25) is 0 Å². The zero-order valence-corrected chi connectivity index (χ0v) is 20.6. The van der Waals surface area contributed by atoms with E-state index in [-0.39, 0.29) is 22.1 Å². The molecule has 0 fully saturated rings. The van der Waals surface area contributed by atoms with Gasteiger partial charge in [-0.25, -0.2) is 12.8 Å². The maximum Gasteiger partial charge on any atom is 0.407 e. The molecule has 5 nitrogen and oxygen atoms in total. The number of nitrogens with one attached hydrogen (secondary N) is 1. The second-order valence-corrected chi connectivity index (χ2v) is 10.8. The number of esters is 1. The van der Waals surface area contributed by atoms with Crippen molar-refractivity contribution < 1.29 is 35.5 Å². The average Bonchev–Trinajstić information content (AvgIpc) is 2.69. The average molecular weight is 524 g/mol. The van der Waals surface area contributed by atoms with Crippen molar-refractivity contribution in [2.24, 2.45) is 0 Å². The molecule has 34 heavy (non-hydrogen) atoms. The van der Waals surface area contributed by atoms with Crippen LogP contribution in [0.15, 0.2) is 47.4 Å². The fourth-order valence-corrected chi connectivity index (χ4v) is 4.34. The number of benzene rings is 2. The van der Waals surface area contributed by atoms with E-state index < -0.39 is 46.2 Å². The fraction of sp³-hybridized carbons (Fsp3) is 0.435. The van der Waals surface area contributed by atoms with E-state index in [1.807, 2.05) is 0 Å². The normalized spacial score (nSPS) is 14.5. The predicted octanol–water partition coefficient (Wildman–Crippen LogP) is 5.67. The number of carbonyl (C=O) groups excluding carboxylic acids is 1. The molecule has 0 heterocycles. The van der Waals surface area contributed by atoms with E-state index >= 15 is 0 Å². The zero-order chi connectivity index (χ0) is 25.9. The minimum absolute atomic E-state index is 0.0139. The topological polar surface area (TPSA) is 72.5 Å². The number of hydrogen-bond acceptors (Lipinski definition) is 5. The highest BCUT2D eigenvalue weighted by Crippen LogP contribution is 2.36. The van der Waals surface area contributed by atoms with Crippen molar-refractivity contribution >= 4 is 27.4 Å². The van der Waals surface area contributed by atoms with Gasteiger partial charge in [-0.3, -0.25) is 10.1 Å². The molecule has 0 spiro atoms. The lowest BCUT2D eigenvalue weighted by atomic mass is 9.97. The summed E-state index contributed by atoms with van der Waals surface area (Å²) in [5.41, 5.74) is -1.23. The standard InChI is InChI=1S/C23H26ClF4NO4S/c1-5-33-21(30)19(13-22(2,3)25)29-20(23(26,27)28)15-8-6-14(7-9-15)17-11-10-16(12-18(17)24)34(4,31)32/h6-12,19-20,29H,5,13H2,1-4H3/t19-,20+/m1/s1. The second kappa shape index (κ2) is 10.6. The van der Waals surface area contributed by atoms with E-state index in [2.05, 4.69) is 5.32 Å². The van der Waals surface area contributed by atoms with Crippen LogP contribution >= 0.6 is 11.6 Å². The van der Waals surface area contributed by atoms with Crippen molar-refractivity contribution in [2.45, 2.75) is 56.0 Å². The number of ether oxygens (including phenoxy) is 1. The quantitative estimate of drug-likeness (QED) is 0.338. The summed E-state index contributed by atoms with van der Waals surface area (Å²) in [5.74, 6) is -0.975. The summed E-state index contributed by atoms with van der Waals surface area (Å²) < 4.78 is 84.1. The van der Waals surface area contributed by atoms with Crippen LogP contribution in [0.25, 0.3) is 11.1 Å². The van der Waals surface area contributed by atoms with Crippen molar-refractivity contribution in [3.8, 4) is 11.1 Å². The van der Waals surface area contributed by atoms with Crippen LogP contribution in [0, 0.1) is 0 Å². The van der Waals surface area contributed by atoms with E-state index in [0.29, 0.717) is 11.1 Å². The molecule has 188 valence electrons. The molecule has 0 saturated heterocycles.